The number of carboxylic acid groups (broad SMARTS) is 1. The number of fused-ring (bicyclic) bond motifs is 1. The van der Waals surface area contributed by atoms with Crippen molar-refractivity contribution >= 4 is 17.9 Å². The topological polar surface area (TPSA) is 162 Å². The number of rotatable bonds is 9. The lowest BCUT2D eigenvalue weighted by Gasteiger charge is -1.90. The summed E-state index contributed by atoms with van der Waals surface area (Å²) in [6, 6.07) is 6.53. The number of carbonyl (C=O) groups excluding carboxylic acids is 2. The van der Waals surface area contributed by atoms with Gasteiger partial charge in [-0.2, -0.15) is 0 Å². The number of carbonyl (C=O) groups is 3. The zero-order valence-electron chi connectivity index (χ0n) is 17.0. The number of esters is 2. The highest BCUT2D eigenvalue weighted by Gasteiger charge is 2.28. The average molecular weight is 428 g/mol. The first-order valence-corrected chi connectivity index (χ1v) is 9.53. The van der Waals surface area contributed by atoms with Crippen molar-refractivity contribution in [2.75, 3.05) is 26.4 Å². The monoisotopic (exact) mass is 428 g/mol. The van der Waals surface area contributed by atoms with E-state index < -0.39 is 17.9 Å². The molecular formula is C21H32O9. The van der Waals surface area contributed by atoms with E-state index in [0.717, 1.165) is 44.6 Å². The summed E-state index contributed by atoms with van der Waals surface area (Å²) in [7, 11) is 0. The predicted octanol–water partition coefficient (Wildman–Crippen LogP) is 1.54. The summed E-state index contributed by atoms with van der Waals surface area (Å²) in [5.74, 6) is -2.08. The molecule has 0 bridgehead atoms. The average Bonchev–Trinajstić information content (AvgIpc) is 3.04. The van der Waals surface area contributed by atoms with Crippen LogP contribution in [0.5, 0.6) is 0 Å². The Kier molecular flexibility index (Phi) is 20.9. The second kappa shape index (κ2) is 21.1. The number of aliphatic hydroxyl groups is 4. The number of aliphatic carboxylic acids is 1. The minimum Gasteiger partial charge on any atom is -0.478 e. The highest BCUT2D eigenvalue weighted by atomic mass is 16.6. The Bertz CT molecular complexity index is 563. The maximum Gasteiger partial charge on any atom is 0.346 e. The van der Waals surface area contributed by atoms with E-state index >= 15 is 0 Å². The van der Waals surface area contributed by atoms with Gasteiger partial charge in [0.05, 0.1) is 11.1 Å². The van der Waals surface area contributed by atoms with Crippen LogP contribution in [0.2, 0.25) is 0 Å². The third kappa shape index (κ3) is 16.4. The van der Waals surface area contributed by atoms with E-state index in [0.29, 0.717) is 11.1 Å². The minimum absolute atomic E-state index is 0.250. The highest BCUT2D eigenvalue weighted by Crippen LogP contribution is 2.18. The van der Waals surface area contributed by atoms with E-state index in [1.54, 1.807) is 24.3 Å². The summed E-state index contributed by atoms with van der Waals surface area (Å²) in [4.78, 5) is 30.9. The second-order valence-corrected chi connectivity index (χ2v) is 5.78. The van der Waals surface area contributed by atoms with Gasteiger partial charge in [0.25, 0.3) is 0 Å². The Morgan fingerprint density at radius 3 is 1.30 bits per heavy atom. The first-order valence-electron chi connectivity index (χ1n) is 9.53. The van der Waals surface area contributed by atoms with Gasteiger partial charge in [-0.1, -0.05) is 18.7 Å². The number of benzene rings is 1. The van der Waals surface area contributed by atoms with Gasteiger partial charge >= 0.3 is 17.9 Å². The van der Waals surface area contributed by atoms with Crippen LogP contribution < -0.4 is 0 Å². The molecule has 2 rings (SSSR count). The first-order chi connectivity index (χ1) is 14.4. The van der Waals surface area contributed by atoms with Crippen LogP contribution in [0.1, 0.15) is 59.2 Å². The minimum atomic E-state index is -0.981. The van der Waals surface area contributed by atoms with Crippen LogP contribution in [0, 0.1) is 0 Å². The van der Waals surface area contributed by atoms with E-state index in [1.807, 2.05) is 0 Å². The van der Waals surface area contributed by atoms with Gasteiger partial charge in [-0.25, -0.2) is 14.4 Å². The van der Waals surface area contributed by atoms with Crippen molar-refractivity contribution in [3.05, 3.63) is 48.0 Å². The summed E-state index contributed by atoms with van der Waals surface area (Å²) in [6.07, 6.45) is 5.99. The lowest BCUT2D eigenvalue weighted by atomic mass is 10.1. The molecule has 0 radical (unpaired) electrons. The third-order valence-electron chi connectivity index (χ3n) is 3.36. The Hall–Kier alpha value is -2.59. The molecule has 0 spiro atoms. The van der Waals surface area contributed by atoms with E-state index in [4.69, 9.17) is 25.5 Å². The van der Waals surface area contributed by atoms with Gasteiger partial charge in [0, 0.05) is 32.5 Å². The van der Waals surface area contributed by atoms with Crippen molar-refractivity contribution < 1.29 is 44.7 Å². The molecule has 1 heterocycles. The van der Waals surface area contributed by atoms with Crippen LogP contribution in [0.3, 0.4) is 0 Å². The quantitative estimate of drug-likeness (QED) is 0.170. The fraction of sp³-hybridized carbons (Fsp3) is 0.476. The standard InChI is InChI=1S/C8H4O3.2C5H12O2.C3H4O2/c9-7-5-3-1-2-4-6(5)8(10)11-7;2*6-4-2-1-3-5-7;1-2-3(4)5/h1-4H;2*6-7H,1-5H2;2H,1H2,(H,4,5). The van der Waals surface area contributed by atoms with Crippen molar-refractivity contribution in [2.24, 2.45) is 0 Å². The molecule has 9 heteroatoms. The molecule has 170 valence electrons. The van der Waals surface area contributed by atoms with Crippen LogP contribution in [0.4, 0.5) is 0 Å². The highest BCUT2D eigenvalue weighted by molar-refractivity contribution is 6.14. The van der Waals surface area contributed by atoms with Gasteiger partial charge < -0.3 is 30.3 Å². The Balaban J connectivity index is 0. The maximum atomic E-state index is 10.8. The van der Waals surface area contributed by atoms with Crippen molar-refractivity contribution in [1.82, 2.24) is 0 Å². The maximum absolute atomic E-state index is 10.8. The summed E-state index contributed by atoms with van der Waals surface area (Å²) >= 11 is 0. The van der Waals surface area contributed by atoms with Crippen LogP contribution in [0.15, 0.2) is 36.9 Å². The molecule has 0 saturated heterocycles. The Labute approximate surface area is 176 Å². The zero-order valence-corrected chi connectivity index (χ0v) is 17.0. The largest absolute Gasteiger partial charge is 0.478 e. The normalized spacial score (nSPS) is 10.8. The van der Waals surface area contributed by atoms with E-state index in [-0.39, 0.29) is 26.4 Å². The molecule has 1 aliphatic heterocycles. The lowest BCUT2D eigenvalue weighted by Crippen LogP contribution is -1.96. The fourth-order valence-electron chi connectivity index (χ4n) is 1.83. The van der Waals surface area contributed by atoms with Crippen molar-refractivity contribution in [3.8, 4) is 0 Å². The molecule has 0 unspecified atom stereocenters. The van der Waals surface area contributed by atoms with Gasteiger partial charge in [-0.15, -0.1) is 0 Å². The zero-order chi connectivity index (χ0) is 23.2. The Morgan fingerprint density at radius 1 is 0.767 bits per heavy atom. The van der Waals surface area contributed by atoms with Crippen LogP contribution in [-0.2, 0) is 9.53 Å². The van der Waals surface area contributed by atoms with E-state index in [2.05, 4.69) is 11.3 Å². The summed E-state index contributed by atoms with van der Waals surface area (Å²) in [5, 5.41) is 40.4. The number of hydrogen-bond acceptors (Lipinski definition) is 8. The van der Waals surface area contributed by atoms with Crippen LogP contribution in [-0.4, -0.2) is 69.9 Å². The molecule has 0 aliphatic carbocycles. The molecule has 0 saturated carbocycles. The van der Waals surface area contributed by atoms with Crippen molar-refractivity contribution in [2.45, 2.75) is 38.5 Å². The number of hydrogen-bond donors (Lipinski definition) is 5. The molecule has 9 nitrogen and oxygen atoms in total. The molecule has 1 aromatic rings. The molecule has 30 heavy (non-hydrogen) atoms. The summed E-state index contributed by atoms with van der Waals surface area (Å²) in [5.41, 5.74) is 0.718. The van der Waals surface area contributed by atoms with Gasteiger partial charge in [0.15, 0.2) is 0 Å². The number of aliphatic hydroxyl groups excluding tert-OH is 4. The number of unbranched alkanes of at least 4 members (excludes halogenated alkanes) is 4. The molecule has 0 fully saturated rings. The van der Waals surface area contributed by atoms with Gasteiger partial charge in [-0.3, -0.25) is 0 Å². The molecule has 1 aliphatic rings. The smallest absolute Gasteiger partial charge is 0.346 e. The first kappa shape index (κ1) is 29.6. The fourth-order valence-corrected chi connectivity index (χ4v) is 1.83. The molecule has 0 atom stereocenters. The van der Waals surface area contributed by atoms with Crippen LogP contribution >= 0.6 is 0 Å². The number of ether oxygens (including phenoxy) is 1. The van der Waals surface area contributed by atoms with Gasteiger partial charge in [0.2, 0.25) is 0 Å². The summed E-state index contributed by atoms with van der Waals surface area (Å²) in [6.45, 7) is 3.96. The third-order valence-corrected chi connectivity index (χ3v) is 3.36. The van der Waals surface area contributed by atoms with E-state index in [9.17, 15) is 14.4 Å². The molecule has 1 aromatic carbocycles. The van der Waals surface area contributed by atoms with Crippen molar-refractivity contribution in [1.29, 1.82) is 0 Å². The molecule has 0 amide bonds. The van der Waals surface area contributed by atoms with Gasteiger partial charge in [-0.05, 0) is 50.7 Å². The number of carboxylic acids is 1. The molecular weight excluding hydrogens is 396 g/mol. The summed E-state index contributed by atoms with van der Waals surface area (Å²) < 4.78 is 4.35. The number of cyclic esters (lactones) is 2. The lowest BCUT2D eigenvalue weighted by molar-refractivity contribution is -0.131. The van der Waals surface area contributed by atoms with Gasteiger partial charge in [0.1, 0.15) is 0 Å². The Morgan fingerprint density at radius 2 is 1.07 bits per heavy atom. The predicted molar refractivity (Wildman–Crippen MR) is 110 cm³/mol. The molecule has 5 N–H and O–H groups in total. The molecule has 0 aromatic heterocycles. The van der Waals surface area contributed by atoms with E-state index in [1.165, 1.54) is 0 Å². The van der Waals surface area contributed by atoms with Crippen molar-refractivity contribution in [3.63, 3.8) is 0 Å². The van der Waals surface area contributed by atoms with Crippen LogP contribution in [0.25, 0.3) is 0 Å². The SMILES string of the molecule is C=CC(=O)O.O=C1OC(=O)c2ccccc21.OCCCCCO.OCCCCCO. The second-order valence-electron chi connectivity index (χ2n) is 5.78.